The predicted molar refractivity (Wildman–Crippen MR) is 159 cm³/mol. The van der Waals surface area contributed by atoms with E-state index in [1.54, 1.807) is 0 Å². The van der Waals surface area contributed by atoms with Crippen LogP contribution in [-0.2, 0) is 15.0 Å². The van der Waals surface area contributed by atoms with E-state index in [2.05, 4.69) is 41.4 Å². The summed E-state index contributed by atoms with van der Waals surface area (Å²) in [6.07, 6.45) is 11.4. The SMILES string of the molecule is C[C@H](NC(=O)C1(c2ccccc2)CCC(CCC(=O)N2CCN(c3ccc(F)cc3)CC2)CC1)C1CCCCC1. The van der Waals surface area contributed by atoms with Crippen molar-refractivity contribution in [1.29, 1.82) is 0 Å². The van der Waals surface area contributed by atoms with Crippen molar-refractivity contribution in [2.24, 2.45) is 11.8 Å². The third kappa shape index (κ3) is 6.70. The number of amides is 2. The van der Waals surface area contributed by atoms with Gasteiger partial charge in [-0.25, -0.2) is 4.39 Å². The summed E-state index contributed by atoms with van der Waals surface area (Å²) in [7, 11) is 0. The summed E-state index contributed by atoms with van der Waals surface area (Å²) in [5, 5.41) is 3.46. The van der Waals surface area contributed by atoms with E-state index in [9.17, 15) is 14.0 Å². The Morgan fingerprint density at radius 2 is 1.55 bits per heavy atom. The van der Waals surface area contributed by atoms with E-state index < -0.39 is 5.41 Å². The molecule has 3 aliphatic rings. The smallest absolute Gasteiger partial charge is 0.230 e. The lowest BCUT2D eigenvalue weighted by molar-refractivity contribution is -0.132. The Kier molecular flexibility index (Phi) is 9.44. The van der Waals surface area contributed by atoms with Gasteiger partial charge in [0.1, 0.15) is 5.82 Å². The zero-order valence-electron chi connectivity index (χ0n) is 24.1. The topological polar surface area (TPSA) is 52.7 Å². The Morgan fingerprint density at radius 1 is 0.900 bits per heavy atom. The molecule has 0 unspecified atom stereocenters. The van der Waals surface area contributed by atoms with Crippen LogP contribution in [0.5, 0.6) is 0 Å². The molecule has 3 fully saturated rings. The van der Waals surface area contributed by atoms with Gasteiger partial charge >= 0.3 is 0 Å². The number of anilines is 1. The van der Waals surface area contributed by atoms with Crippen molar-refractivity contribution >= 4 is 17.5 Å². The van der Waals surface area contributed by atoms with Gasteiger partial charge in [-0.05, 0) is 93.5 Å². The quantitative estimate of drug-likeness (QED) is 0.412. The fourth-order valence-corrected chi connectivity index (χ4v) is 7.31. The number of benzene rings is 2. The lowest BCUT2D eigenvalue weighted by Gasteiger charge is -2.41. The largest absolute Gasteiger partial charge is 0.368 e. The van der Waals surface area contributed by atoms with Crippen LogP contribution >= 0.6 is 0 Å². The van der Waals surface area contributed by atoms with Crippen molar-refractivity contribution in [3.63, 3.8) is 0 Å². The lowest BCUT2D eigenvalue weighted by atomic mass is 9.65. The second-order valence-corrected chi connectivity index (χ2v) is 12.4. The first-order valence-corrected chi connectivity index (χ1v) is 15.6. The maximum atomic E-state index is 13.9. The van der Waals surface area contributed by atoms with Crippen LogP contribution in [0.4, 0.5) is 10.1 Å². The highest BCUT2D eigenvalue weighted by molar-refractivity contribution is 5.88. The number of rotatable bonds is 8. The highest BCUT2D eigenvalue weighted by Crippen LogP contribution is 2.43. The highest BCUT2D eigenvalue weighted by atomic mass is 19.1. The molecule has 6 heteroatoms. The normalized spacial score (nSPS) is 24.9. The molecule has 2 saturated carbocycles. The zero-order chi connectivity index (χ0) is 28.0. The number of piperazine rings is 1. The first-order chi connectivity index (χ1) is 19.4. The number of hydrogen-bond donors (Lipinski definition) is 1. The zero-order valence-corrected chi connectivity index (χ0v) is 24.1. The van der Waals surface area contributed by atoms with Crippen LogP contribution in [0.25, 0.3) is 0 Å². The monoisotopic (exact) mass is 547 g/mol. The molecule has 0 bridgehead atoms. The molecule has 0 radical (unpaired) electrons. The molecule has 1 saturated heterocycles. The molecular formula is C34H46FN3O2. The molecule has 2 amide bonds. The molecule has 1 aliphatic heterocycles. The maximum Gasteiger partial charge on any atom is 0.230 e. The maximum absolute atomic E-state index is 13.9. The number of halogens is 1. The molecule has 0 spiro atoms. The summed E-state index contributed by atoms with van der Waals surface area (Å²) in [4.78, 5) is 31.2. The Morgan fingerprint density at radius 3 is 2.20 bits per heavy atom. The second-order valence-electron chi connectivity index (χ2n) is 12.4. The third-order valence-corrected chi connectivity index (χ3v) is 10.0. The minimum absolute atomic E-state index is 0.199. The molecule has 5 nitrogen and oxygen atoms in total. The summed E-state index contributed by atoms with van der Waals surface area (Å²) < 4.78 is 13.3. The van der Waals surface area contributed by atoms with Gasteiger partial charge in [-0.2, -0.15) is 0 Å². The minimum Gasteiger partial charge on any atom is -0.368 e. The predicted octanol–water partition coefficient (Wildman–Crippen LogP) is 6.47. The van der Waals surface area contributed by atoms with Crippen molar-refractivity contribution in [2.75, 3.05) is 31.1 Å². The van der Waals surface area contributed by atoms with Gasteiger partial charge in [0, 0.05) is 44.3 Å². The van der Waals surface area contributed by atoms with Crippen molar-refractivity contribution in [3.8, 4) is 0 Å². The van der Waals surface area contributed by atoms with Crippen LogP contribution < -0.4 is 10.2 Å². The molecular weight excluding hydrogens is 501 g/mol. The molecule has 40 heavy (non-hydrogen) atoms. The van der Waals surface area contributed by atoms with Gasteiger partial charge in [0.25, 0.3) is 0 Å². The second kappa shape index (κ2) is 13.2. The van der Waals surface area contributed by atoms with E-state index in [0.29, 0.717) is 31.3 Å². The van der Waals surface area contributed by atoms with E-state index in [-0.39, 0.29) is 23.7 Å². The van der Waals surface area contributed by atoms with Gasteiger partial charge in [-0.15, -0.1) is 0 Å². The summed E-state index contributed by atoms with van der Waals surface area (Å²) >= 11 is 0. The van der Waals surface area contributed by atoms with Gasteiger partial charge in [0.15, 0.2) is 0 Å². The molecule has 1 atom stereocenters. The fourth-order valence-electron chi connectivity index (χ4n) is 7.31. The van der Waals surface area contributed by atoms with Gasteiger partial charge in [0.05, 0.1) is 5.41 Å². The van der Waals surface area contributed by atoms with Gasteiger partial charge in [0.2, 0.25) is 11.8 Å². The molecule has 216 valence electrons. The number of hydrogen-bond acceptors (Lipinski definition) is 3. The summed E-state index contributed by atoms with van der Waals surface area (Å²) in [6.45, 7) is 5.15. The van der Waals surface area contributed by atoms with Gasteiger partial charge in [-0.3, -0.25) is 9.59 Å². The van der Waals surface area contributed by atoms with E-state index in [1.807, 2.05) is 23.1 Å². The van der Waals surface area contributed by atoms with E-state index in [1.165, 1.54) is 44.2 Å². The van der Waals surface area contributed by atoms with Crippen LogP contribution in [0.15, 0.2) is 54.6 Å². The summed E-state index contributed by atoms with van der Waals surface area (Å²) in [5.74, 6) is 1.27. The molecule has 2 aliphatic carbocycles. The van der Waals surface area contributed by atoms with Crippen LogP contribution in [0, 0.1) is 17.7 Å². The number of carbonyl (C=O) groups is 2. The van der Waals surface area contributed by atoms with Crippen molar-refractivity contribution in [2.45, 2.75) is 89.0 Å². The van der Waals surface area contributed by atoms with Gasteiger partial charge < -0.3 is 15.1 Å². The Labute approximate surface area is 239 Å². The molecule has 2 aromatic carbocycles. The van der Waals surface area contributed by atoms with E-state index in [4.69, 9.17) is 0 Å². The average molecular weight is 548 g/mol. The van der Waals surface area contributed by atoms with Crippen LogP contribution in [0.3, 0.4) is 0 Å². The van der Waals surface area contributed by atoms with Gasteiger partial charge in [-0.1, -0.05) is 49.6 Å². The first kappa shape index (κ1) is 28.6. The lowest BCUT2D eigenvalue weighted by Crippen LogP contribution is -2.51. The number of nitrogens with one attached hydrogen (secondary N) is 1. The molecule has 1 heterocycles. The third-order valence-electron chi connectivity index (χ3n) is 10.0. The van der Waals surface area contributed by atoms with E-state index in [0.717, 1.165) is 56.4 Å². The summed E-state index contributed by atoms with van der Waals surface area (Å²) in [6, 6.07) is 17.2. The van der Waals surface area contributed by atoms with Crippen LogP contribution in [0.1, 0.15) is 83.1 Å². The molecule has 2 aromatic rings. The summed E-state index contributed by atoms with van der Waals surface area (Å²) in [5.41, 5.74) is 1.67. The Hall–Kier alpha value is -2.89. The number of carbonyl (C=O) groups excluding carboxylic acids is 2. The minimum atomic E-state index is -0.471. The highest BCUT2D eigenvalue weighted by Gasteiger charge is 2.44. The molecule has 0 aromatic heterocycles. The van der Waals surface area contributed by atoms with Crippen LogP contribution in [0.2, 0.25) is 0 Å². The van der Waals surface area contributed by atoms with E-state index >= 15 is 0 Å². The van der Waals surface area contributed by atoms with Crippen molar-refractivity contribution < 1.29 is 14.0 Å². The standard InChI is InChI=1S/C34H46FN3O2/c1-26(28-8-4-2-5-9-28)36-33(40)34(29-10-6-3-7-11-29)20-18-27(19-21-34)12-17-32(39)38-24-22-37(23-25-38)31-15-13-30(35)14-16-31/h3,6-7,10-11,13-16,26-28H,2,4-5,8-9,12,17-25H2,1H3,(H,36,40)/t26-,27?,34?/m0/s1. The average Bonchev–Trinajstić information content (AvgIpc) is 3.01. The fraction of sp³-hybridized carbons (Fsp3) is 0.588. The van der Waals surface area contributed by atoms with Crippen molar-refractivity contribution in [1.82, 2.24) is 10.2 Å². The Bertz CT molecular complexity index is 1100. The first-order valence-electron chi connectivity index (χ1n) is 15.6. The Balaban J connectivity index is 1.12. The molecule has 5 rings (SSSR count). The van der Waals surface area contributed by atoms with Crippen molar-refractivity contribution in [3.05, 3.63) is 66.0 Å². The molecule has 1 N–H and O–H groups in total. The number of nitrogens with zero attached hydrogens (tertiary/aromatic N) is 2. The van der Waals surface area contributed by atoms with Crippen LogP contribution in [-0.4, -0.2) is 48.9 Å².